The maximum absolute atomic E-state index is 12.5. The van der Waals surface area contributed by atoms with Crippen molar-refractivity contribution in [3.8, 4) is 0 Å². The molecular weight excluding hydrogens is 290 g/mol. The Balaban J connectivity index is 1.58. The van der Waals surface area contributed by atoms with E-state index < -0.39 is 0 Å². The van der Waals surface area contributed by atoms with Gasteiger partial charge in [-0.1, -0.05) is 37.5 Å². The van der Waals surface area contributed by atoms with Gasteiger partial charge >= 0.3 is 6.03 Å². The molecule has 0 spiro atoms. The van der Waals surface area contributed by atoms with E-state index in [1.54, 1.807) is 4.90 Å². The van der Waals surface area contributed by atoms with Gasteiger partial charge in [-0.05, 0) is 37.8 Å². The zero-order chi connectivity index (χ0) is 16.1. The van der Waals surface area contributed by atoms with E-state index in [0.29, 0.717) is 6.54 Å². The molecule has 1 unspecified atom stereocenters. The molecule has 2 aliphatic rings. The SMILES string of the molecule is O=C(Nc1ccccc1)C1CCCN1C(=O)NC1CCCCC1. The molecule has 2 fully saturated rings. The molecule has 0 aromatic heterocycles. The Bertz CT molecular complexity index is 540. The normalized spacial score (nSPS) is 21.9. The standard InChI is InChI=1S/C18H25N3O2/c22-17(19-14-8-3-1-4-9-14)16-12-7-13-21(16)18(23)20-15-10-5-2-6-11-15/h1,3-4,8-9,15-16H,2,5-7,10-13H2,(H,19,22)(H,20,23). The average Bonchev–Trinajstić information content (AvgIpc) is 3.06. The first-order chi connectivity index (χ1) is 11.2. The van der Waals surface area contributed by atoms with Crippen molar-refractivity contribution in [1.82, 2.24) is 10.2 Å². The topological polar surface area (TPSA) is 61.4 Å². The van der Waals surface area contributed by atoms with E-state index in [1.807, 2.05) is 30.3 Å². The minimum Gasteiger partial charge on any atom is -0.335 e. The summed E-state index contributed by atoms with van der Waals surface area (Å²) in [4.78, 5) is 26.7. The first kappa shape index (κ1) is 15.8. The third kappa shape index (κ3) is 4.03. The van der Waals surface area contributed by atoms with Gasteiger partial charge in [0.1, 0.15) is 6.04 Å². The Morgan fingerprint density at radius 3 is 2.43 bits per heavy atom. The predicted molar refractivity (Wildman–Crippen MR) is 90.2 cm³/mol. The monoisotopic (exact) mass is 315 g/mol. The molecule has 1 aliphatic carbocycles. The zero-order valence-electron chi connectivity index (χ0n) is 13.5. The Kier molecular flexibility index (Phi) is 5.16. The number of hydrogen-bond donors (Lipinski definition) is 2. The first-order valence-electron chi connectivity index (χ1n) is 8.67. The molecule has 5 heteroatoms. The Labute approximate surface area is 137 Å². The number of nitrogens with one attached hydrogen (secondary N) is 2. The molecule has 1 saturated heterocycles. The highest BCUT2D eigenvalue weighted by molar-refractivity contribution is 5.97. The van der Waals surface area contributed by atoms with E-state index in [9.17, 15) is 9.59 Å². The lowest BCUT2D eigenvalue weighted by molar-refractivity contribution is -0.119. The van der Waals surface area contributed by atoms with Crippen molar-refractivity contribution in [2.24, 2.45) is 0 Å². The van der Waals surface area contributed by atoms with Crippen LogP contribution < -0.4 is 10.6 Å². The van der Waals surface area contributed by atoms with Crippen molar-refractivity contribution in [3.05, 3.63) is 30.3 Å². The van der Waals surface area contributed by atoms with Gasteiger partial charge in [-0.2, -0.15) is 0 Å². The molecule has 1 saturated carbocycles. The molecule has 0 radical (unpaired) electrons. The van der Waals surface area contributed by atoms with E-state index >= 15 is 0 Å². The van der Waals surface area contributed by atoms with Crippen molar-refractivity contribution in [2.45, 2.75) is 57.0 Å². The number of carbonyl (C=O) groups excluding carboxylic acids is 2. The van der Waals surface area contributed by atoms with E-state index in [-0.39, 0.29) is 24.0 Å². The van der Waals surface area contributed by atoms with Crippen LogP contribution in [0, 0.1) is 0 Å². The maximum Gasteiger partial charge on any atom is 0.318 e. The lowest BCUT2D eigenvalue weighted by atomic mass is 9.96. The molecule has 124 valence electrons. The summed E-state index contributed by atoms with van der Waals surface area (Å²) in [5, 5.41) is 6.03. The number of carbonyl (C=O) groups is 2. The van der Waals surface area contributed by atoms with Crippen LogP contribution in [0.25, 0.3) is 0 Å². The number of benzene rings is 1. The number of anilines is 1. The van der Waals surface area contributed by atoms with Crippen molar-refractivity contribution >= 4 is 17.6 Å². The minimum atomic E-state index is -0.362. The second kappa shape index (κ2) is 7.49. The number of likely N-dealkylation sites (tertiary alicyclic amines) is 1. The molecule has 3 rings (SSSR count). The predicted octanol–water partition coefficient (Wildman–Crippen LogP) is 3.13. The number of urea groups is 1. The van der Waals surface area contributed by atoms with Gasteiger partial charge in [0.15, 0.2) is 0 Å². The van der Waals surface area contributed by atoms with Crippen LogP contribution in [0.5, 0.6) is 0 Å². The molecule has 3 amide bonds. The van der Waals surface area contributed by atoms with Gasteiger partial charge in [0, 0.05) is 18.3 Å². The quantitative estimate of drug-likeness (QED) is 0.900. The van der Waals surface area contributed by atoms with Crippen LogP contribution in [0.1, 0.15) is 44.9 Å². The molecule has 1 heterocycles. The molecule has 1 aromatic rings. The summed E-state index contributed by atoms with van der Waals surface area (Å²) >= 11 is 0. The lowest BCUT2D eigenvalue weighted by Gasteiger charge is -2.29. The second-order valence-corrected chi connectivity index (χ2v) is 6.49. The smallest absolute Gasteiger partial charge is 0.318 e. The van der Waals surface area contributed by atoms with Crippen LogP contribution in [0.4, 0.5) is 10.5 Å². The first-order valence-corrected chi connectivity index (χ1v) is 8.67. The molecule has 0 bridgehead atoms. The highest BCUT2D eigenvalue weighted by Gasteiger charge is 2.34. The third-order valence-corrected chi connectivity index (χ3v) is 4.79. The molecule has 5 nitrogen and oxygen atoms in total. The molecular formula is C18H25N3O2. The third-order valence-electron chi connectivity index (χ3n) is 4.79. The number of rotatable bonds is 3. The summed E-state index contributed by atoms with van der Waals surface area (Å²) in [6, 6.07) is 9.24. The van der Waals surface area contributed by atoms with E-state index in [0.717, 1.165) is 31.4 Å². The lowest BCUT2D eigenvalue weighted by Crippen LogP contribution is -2.50. The molecule has 1 aromatic carbocycles. The fraction of sp³-hybridized carbons (Fsp3) is 0.556. The van der Waals surface area contributed by atoms with Crippen molar-refractivity contribution in [3.63, 3.8) is 0 Å². The van der Waals surface area contributed by atoms with E-state index in [2.05, 4.69) is 10.6 Å². The summed E-state index contributed by atoms with van der Waals surface area (Å²) in [7, 11) is 0. The number of nitrogens with zero attached hydrogens (tertiary/aromatic N) is 1. The highest BCUT2D eigenvalue weighted by atomic mass is 16.2. The zero-order valence-corrected chi connectivity index (χ0v) is 13.5. The van der Waals surface area contributed by atoms with Gasteiger partial charge in [0.05, 0.1) is 0 Å². The van der Waals surface area contributed by atoms with Gasteiger partial charge in [-0.15, -0.1) is 0 Å². The fourth-order valence-corrected chi connectivity index (χ4v) is 3.53. The highest BCUT2D eigenvalue weighted by Crippen LogP contribution is 2.21. The summed E-state index contributed by atoms with van der Waals surface area (Å²) < 4.78 is 0. The van der Waals surface area contributed by atoms with Crippen LogP contribution in [0.15, 0.2) is 30.3 Å². The Hall–Kier alpha value is -2.04. The fourth-order valence-electron chi connectivity index (χ4n) is 3.53. The summed E-state index contributed by atoms with van der Waals surface area (Å²) in [6.45, 7) is 0.658. The van der Waals surface area contributed by atoms with Crippen LogP contribution in [0.2, 0.25) is 0 Å². The summed E-state index contributed by atoms with van der Waals surface area (Å²) in [6.07, 6.45) is 7.35. The molecule has 23 heavy (non-hydrogen) atoms. The van der Waals surface area contributed by atoms with Gasteiger partial charge in [0.25, 0.3) is 0 Å². The minimum absolute atomic E-state index is 0.0809. The van der Waals surface area contributed by atoms with Crippen molar-refractivity contribution in [2.75, 3.05) is 11.9 Å². The van der Waals surface area contributed by atoms with Crippen LogP contribution in [-0.2, 0) is 4.79 Å². The van der Waals surface area contributed by atoms with E-state index in [1.165, 1.54) is 19.3 Å². The molecule has 2 N–H and O–H groups in total. The van der Waals surface area contributed by atoms with Crippen LogP contribution >= 0.6 is 0 Å². The summed E-state index contributed by atoms with van der Waals surface area (Å²) in [5.41, 5.74) is 0.775. The largest absolute Gasteiger partial charge is 0.335 e. The maximum atomic E-state index is 12.5. The van der Waals surface area contributed by atoms with E-state index in [4.69, 9.17) is 0 Å². The van der Waals surface area contributed by atoms with Crippen LogP contribution in [-0.4, -0.2) is 35.5 Å². The van der Waals surface area contributed by atoms with Gasteiger partial charge in [-0.3, -0.25) is 4.79 Å². The number of hydrogen-bond acceptors (Lipinski definition) is 2. The number of amides is 3. The number of para-hydroxylation sites is 1. The van der Waals surface area contributed by atoms with Crippen molar-refractivity contribution < 1.29 is 9.59 Å². The average molecular weight is 315 g/mol. The van der Waals surface area contributed by atoms with Crippen LogP contribution in [0.3, 0.4) is 0 Å². The van der Waals surface area contributed by atoms with Gasteiger partial charge < -0.3 is 15.5 Å². The molecule has 1 aliphatic heterocycles. The Morgan fingerprint density at radius 2 is 1.70 bits per heavy atom. The second-order valence-electron chi connectivity index (χ2n) is 6.49. The van der Waals surface area contributed by atoms with Gasteiger partial charge in [-0.25, -0.2) is 4.79 Å². The summed E-state index contributed by atoms with van der Waals surface area (Å²) in [5.74, 6) is -0.0903. The molecule has 1 atom stereocenters. The van der Waals surface area contributed by atoms with Gasteiger partial charge in [0.2, 0.25) is 5.91 Å². The Morgan fingerprint density at radius 1 is 0.957 bits per heavy atom. The van der Waals surface area contributed by atoms with Crippen molar-refractivity contribution in [1.29, 1.82) is 0 Å².